The third kappa shape index (κ3) is 4.30. The molecule has 1 fully saturated rings. The summed E-state index contributed by atoms with van der Waals surface area (Å²) in [4.78, 5) is 9.31. The minimum atomic E-state index is 0.856. The molecule has 3 heterocycles. The summed E-state index contributed by atoms with van der Waals surface area (Å²) >= 11 is 0. The van der Waals surface area contributed by atoms with Gasteiger partial charge in [-0.1, -0.05) is 48.0 Å². The van der Waals surface area contributed by atoms with E-state index in [4.69, 9.17) is 10.2 Å². The first kappa shape index (κ1) is 20.5. The predicted molar refractivity (Wildman–Crippen MR) is 135 cm³/mol. The van der Waals surface area contributed by atoms with Crippen molar-refractivity contribution in [1.29, 1.82) is 0 Å². The van der Waals surface area contributed by atoms with Gasteiger partial charge in [0, 0.05) is 62.7 Å². The molecule has 0 unspecified atom stereocenters. The molecule has 0 atom stereocenters. The van der Waals surface area contributed by atoms with Crippen LogP contribution in [0.2, 0.25) is 0 Å². The molecule has 0 amide bonds. The number of rotatable bonds is 5. The van der Waals surface area contributed by atoms with Crippen molar-refractivity contribution in [2.45, 2.75) is 38.6 Å². The molecule has 3 aromatic rings. The third-order valence-corrected chi connectivity index (χ3v) is 7.36. The lowest BCUT2D eigenvalue weighted by Crippen LogP contribution is -2.46. The van der Waals surface area contributed by atoms with Crippen molar-refractivity contribution >= 4 is 22.8 Å². The Morgan fingerprint density at radius 2 is 1.67 bits per heavy atom. The topological polar surface area (TPSA) is 44.6 Å². The van der Waals surface area contributed by atoms with Gasteiger partial charge >= 0.3 is 0 Å². The molecule has 5 nitrogen and oxygen atoms in total. The van der Waals surface area contributed by atoms with E-state index in [2.05, 4.69) is 63.3 Å². The highest BCUT2D eigenvalue weighted by atomic mass is 15.3. The van der Waals surface area contributed by atoms with Crippen LogP contribution >= 0.6 is 0 Å². The van der Waals surface area contributed by atoms with E-state index in [-0.39, 0.29) is 0 Å². The Morgan fingerprint density at radius 1 is 0.818 bits per heavy atom. The first-order valence-electron chi connectivity index (χ1n) is 12.3. The van der Waals surface area contributed by atoms with Crippen LogP contribution in [0.3, 0.4) is 0 Å². The maximum atomic E-state index is 4.74. The third-order valence-electron chi connectivity index (χ3n) is 7.36. The minimum absolute atomic E-state index is 0.856. The van der Waals surface area contributed by atoms with Crippen molar-refractivity contribution in [3.63, 3.8) is 0 Å². The second-order valence-corrected chi connectivity index (χ2v) is 9.54. The molecule has 2 aliphatic heterocycles. The fourth-order valence-electron chi connectivity index (χ4n) is 5.50. The van der Waals surface area contributed by atoms with Crippen LogP contribution < -0.4 is 4.90 Å². The average molecular weight is 438 g/mol. The summed E-state index contributed by atoms with van der Waals surface area (Å²) in [5.74, 6) is 1.03. The van der Waals surface area contributed by atoms with Gasteiger partial charge in [0.1, 0.15) is 0 Å². The van der Waals surface area contributed by atoms with Gasteiger partial charge in [-0.2, -0.15) is 5.10 Å². The lowest BCUT2D eigenvalue weighted by molar-refractivity contribution is 0.249. The number of aryl methyl sites for hydroxylation is 2. The van der Waals surface area contributed by atoms with Crippen LogP contribution in [-0.2, 0) is 25.8 Å². The van der Waals surface area contributed by atoms with E-state index in [0.29, 0.717) is 0 Å². The maximum absolute atomic E-state index is 4.74. The van der Waals surface area contributed by atoms with Crippen molar-refractivity contribution in [1.82, 2.24) is 15.1 Å². The van der Waals surface area contributed by atoms with Gasteiger partial charge in [-0.25, -0.2) is 0 Å². The number of aliphatic imine (C=N–C) groups is 1. The van der Waals surface area contributed by atoms with E-state index >= 15 is 0 Å². The molecule has 0 radical (unpaired) electrons. The van der Waals surface area contributed by atoms with Gasteiger partial charge in [0.2, 0.25) is 0 Å². The van der Waals surface area contributed by atoms with Crippen LogP contribution in [0.1, 0.15) is 35.2 Å². The Morgan fingerprint density at radius 3 is 2.52 bits per heavy atom. The van der Waals surface area contributed by atoms with Crippen LogP contribution in [0.4, 0.5) is 5.82 Å². The number of aromatic nitrogens is 2. The van der Waals surface area contributed by atoms with Crippen molar-refractivity contribution < 1.29 is 0 Å². The second kappa shape index (κ2) is 9.06. The molecule has 33 heavy (non-hydrogen) atoms. The first-order chi connectivity index (χ1) is 16.3. The van der Waals surface area contributed by atoms with Crippen LogP contribution in [-0.4, -0.2) is 54.0 Å². The highest BCUT2D eigenvalue weighted by Gasteiger charge is 2.22. The molecule has 1 aliphatic carbocycles. The lowest BCUT2D eigenvalue weighted by Gasteiger charge is -2.35. The monoisotopic (exact) mass is 437 g/mol. The first-order valence-corrected chi connectivity index (χ1v) is 12.3. The van der Waals surface area contributed by atoms with Gasteiger partial charge in [-0.15, -0.1) is 5.10 Å². The Kier molecular flexibility index (Phi) is 5.64. The van der Waals surface area contributed by atoms with Crippen LogP contribution in [0, 0.1) is 0 Å². The number of dihydropyridines is 1. The fourth-order valence-corrected chi connectivity index (χ4v) is 5.50. The number of hydrogen-bond donors (Lipinski definition) is 0. The number of piperazine rings is 1. The van der Waals surface area contributed by atoms with E-state index in [0.717, 1.165) is 63.6 Å². The number of nitrogens with zero attached hydrogens (tertiary/aromatic N) is 5. The van der Waals surface area contributed by atoms with Gasteiger partial charge in [0.15, 0.2) is 5.82 Å². The Labute approximate surface area is 195 Å². The Balaban J connectivity index is 1.16. The molecular formula is C28H31N5. The summed E-state index contributed by atoms with van der Waals surface area (Å²) in [6.07, 6.45) is 9.75. The molecule has 1 saturated heterocycles. The van der Waals surface area contributed by atoms with E-state index in [1.165, 1.54) is 41.2 Å². The van der Waals surface area contributed by atoms with Gasteiger partial charge in [0.25, 0.3) is 0 Å². The summed E-state index contributed by atoms with van der Waals surface area (Å²) in [6, 6.07) is 15.8. The van der Waals surface area contributed by atoms with E-state index in [1.54, 1.807) is 11.1 Å². The number of benzene rings is 2. The smallest absolute Gasteiger partial charge is 0.159 e. The fraction of sp³-hybridized carbons (Fsp3) is 0.393. The molecule has 6 rings (SSSR count). The molecule has 168 valence electrons. The molecule has 0 spiro atoms. The molecule has 0 N–H and O–H groups in total. The number of allylic oxidation sites excluding steroid dienone is 1. The summed E-state index contributed by atoms with van der Waals surface area (Å²) in [7, 11) is 0. The highest BCUT2D eigenvalue weighted by molar-refractivity contribution is 5.93. The molecule has 0 saturated carbocycles. The van der Waals surface area contributed by atoms with Crippen molar-refractivity contribution in [3.8, 4) is 0 Å². The van der Waals surface area contributed by atoms with E-state index in [1.807, 2.05) is 6.21 Å². The molecule has 5 heteroatoms. The minimum Gasteiger partial charge on any atom is -0.352 e. The SMILES string of the molecule is C1=NCCC(Cc2nnc(N3CCN(Cc4ccc5c(c4)CCC5)CC3)c3ccccc23)=C1. The quantitative estimate of drug-likeness (QED) is 0.594. The summed E-state index contributed by atoms with van der Waals surface area (Å²) in [5, 5.41) is 11.9. The maximum Gasteiger partial charge on any atom is 0.159 e. The molecule has 3 aliphatic rings. The average Bonchev–Trinajstić information content (AvgIpc) is 3.34. The normalized spacial score (nSPS) is 18.5. The zero-order valence-electron chi connectivity index (χ0n) is 19.2. The standard InChI is InChI=1S/C28H31N5/c1-2-7-26-25(6-1)27(19-21-10-12-29-13-11-21)30-31-28(26)33-16-14-32(15-17-33)20-22-8-9-23-4-3-5-24(23)18-22/h1-2,6-10,12,18H,3-5,11,13-17,19-20H2. The lowest BCUT2D eigenvalue weighted by atomic mass is 10.0. The molecule has 1 aromatic heterocycles. The van der Waals surface area contributed by atoms with Crippen molar-refractivity contribution in [3.05, 3.63) is 76.5 Å². The van der Waals surface area contributed by atoms with E-state index in [9.17, 15) is 0 Å². The summed E-state index contributed by atoms with van der Waals surface area (Å²) in [6.45, 7) is 6.02. The van der Waals surface area contributed by atoms with Crippen LogP contribution in [0.25, 0.3) is 10.8 Å². The number of anilines is 1. The predicted octanol–water partition coefficient (Wildman–Crippen LogP) is 4.38. The Bertz CT molecular complexity index is 1220. The van der Waals surface area contributed by atoms with Crippen molar-refractivity contribution in [2.24, 2.45) is 4.99 Å². The van der Waals surface area contributed by atoms with Gasteiger partial charge in [0.05, 0.1) is 5.69 Å². The zero-order valence-corrected chi connectivity index (χ0v) is 19.2. The van der Waals surface area contributed by atoms with Gasteiger partial charge in [-0.3, -0.25) is 9.89 Å². The van der Waals surface area contributed by atoms with Gasteiger partial charge < -0.3 is 4.90 Å². The molecular weight excluding hydrogens is 406 g/mol. The van der Waals surface area contributed by atoms with E-state index < -0.39 is 0 Å². The van der Waals surface area contributed by atoms with Gasteiger partial charge in [-0.05, 0) is 48.4 Å². The van der Waals surface area contributed by atoms with Crippen LogP contribution in [0.5, 0.6) is 0 Å². The number of hydrogen-bond acceptors (Lipinski definition) is 5. The highest BCUT2D eigenvalue weighted by Crippen LogP contribution is 2.29. The molecule has 0 bridgehead atoms. The molecule has 2 aromatic carbocycles. The largest absolute Gasteiger partial charge is 0.352 e. The summed E-state index contributed by atoms with van der Waals surface area (Å²) < 4.78 is 0. The zero-order chi connectivity index (χ0) is 22.0. The Hall–Kier alpha value is -3.05. The summed E-state index contributed by atoms with van der Waals surface area (Å²) in [5.41, 5.74) is 7.05. The van der Waals surface area contributed by atoms with Crippen molar-refractivity contribution in [2.75, 3.05) is 37.6 Å². The number of fused-ring (bicyclic) bond motifs is 2. The van der Waals surface area contributed by atoms with Crippen LogP contribution in [0.15, 0.2) is 59.1 Å². The second-order valence-electron chi connectivity index (χ2n) is 9.54.